The van der Waals surface area contributed by atoms with Gasteiger partial charge >= 0.3 is 0 Å². The molecule has 1 heterocycles. The number of carbonyl (C=O) groups excluding carboxylic acids is 1. The van der Waals surface area contributed by atoms with Gasteiger partial charge in [-0.15, -0.1) is 0 Å². The Hall–Kier alpha value is -3.79. The van der Waals surface area contributed by atoms with E-state index in [0.717, 1.165) is 19.3 Å². The lowest BCUT2D eigenvalue weighted by Crippen LogP contribution is -2.54. The Kier molecular flexibility index (Phi) is 10.5. The van der Waals surface area contributed by atoms with E-state index in [2.05, 4.69) is 15.3 Å². The molecular formula is C33H35Cl2N5O5. The summed E-state index contributed by atoms with van der Waals surface area (Å²) >= 11 is 13.0. The van der Waals surface area contributed by atoms with Crippen LogP contribution in [0.1, 0.15) is 61.3 Å². The molecule has 1 fully saturated rings. The average Bonchev–Trinajstić information content (AvgIpc) is 3.42. The number of carbonyl (C=O) groups is 1. The minimum absolute atomic E-state index is 0.00192. The maximum Gasteiger partial charge on any atom is 0.252 e. The van der Waals surface area contributed by atoms with Crippen LogP contribution in [0.2, 0.25) is 10.0 Å². The van der Waals surface area contributed by atoms with Crippen LogP contribution in [-0.2, 0) is 16.0 Å². The van der Waals surface area contributed by atoms with Gasteiger partial charge in [-0.05, 0) is 60.3 Å². The predicted octanol–water partition coefficient (Wildman–Crippen LogP) is 7.01. The summed E-state index contributed by atoms with van der Waals surface area (Å²) in [4.78, 5) is 22.5. The second kappa shape index (κ2) is 14.5. The summed E-state index contributed by atoms with van der Waals surface area (Å²) in [6.45, 7) is 0.448. The van der Waals surface area contributed by atoms with E-state index in [1.165, 1.54) is 0 Å². The molecule has 2 aliphatic rings. The number of ether oxygens (including phenoxy) is 2. The summed E-state index contributed by atoms with van der Waals surface area (Å²) in [5, 5.41) is 27.9. The van der Waals surface area contributed by atoms with Crippen LogP contribution in [0.25, 0.3) is 10.4 Å². The first kappa shape index (κ1) is 32.6. The molecule has 0 bridgehead atoms. The van der Waals surface area contributed by atoms with Crippen molar-refractivity contribution in [2.24, 2.45) is 10.1 Å². The van der Waals surface area contributed by atoms with Crippen LogP contribution in [0.15, 0.2) is 76.8 Å². The van der Waals surface area contributed by atoms with Crippen molar-refractivity contribution in [1.29, 1.82) is 0 Å². The highest BCUT2D eigenvalue weighted by atomic mass is 35.5. The third-order valence-electron chi connectivity index (χ3n) is 8.24. The molecule has 0 radical (unpaired) electrons. The Morgan fingerprint density at radius 2 is 1.87 bits per heavy atom. The summed E-state index contributed by atoms with van der Waals surface area (Å²) in [6, 6.07) is 19.0. The van der Waals surface area contributed by atoms with Crippen LogP contribution < -0.4 is 10.1 Å². The van der Waals surface area contributed by atoms with Gasteiger partial charge in [0.05, 0.1) is 12.2 Å². The van der Waals surface area contributed by atoms with Gasteiger partial charge in [-0.25, -0.2) is 4.99 Å². The first-order chi connectivity index (χ1) is 21.8. The van der Waals surface area contributed by atoms with E-state index in [1.807, 2.05) is 0 Å². The summed E-state index contributed by atoms with van der Waals surface area (Å²) in [7, 11) is 0. The summed E-state index contributed by atoms with van der Waals surface area (Å²) in [5.74, 6) is 0.351. The fraction of sp³-hybridized carbons (Fsp3) is 0.394. The van der Waals surface area contributed by atoms with Crippen molar-refractivity contribution in [3.8, 4) is 5.75 Å². The molecule has 1 saturated carbocycles. The van der Waals surface area contributed by atoms with Crippen LogP contribution in [0.5, 0.6) is 5.75 Å². The lowest BCUT2D eigenvalue weighted by molar-refractivity contribution is -0.130. The smallest absolute Gasteiger partial charge is 0.252 e. The standard InChI is InChI=1S/C33H35Cl2N5O5/c34-24-11-14-26(27(35)19-24)29-33(20-23-7-2-3-8-28(23)39-40-36,31(42)37-21-32(43)15-4-1-5-16-32)38-30(45-29)22-9-12-25(13-10-22)44-18-6-17-41/h2-3,7-14,19,29,41,43H,1,4-6,15-18,20-21H2,(H,37,42)/t29-,33-/m1/s1. The highest BCUT2D eigenvalue weighted by Gasteiger charge is 2.54. The highest BCUT2D eigenvalue weighted by molar-refractivity contribution is 6.35. The molecule has 236 valence electrons. The van der Waals surface area contributed by atoms with Crippen molar-refractivity contribution in [1.82, 2.24) is 5.32 Å². The molecule has 3 aromatic carbocycles. The minimum atomic E-state index is -1.62. The van der Waals surface area contributed by atoms with Gasteiger partial charge < -0.3 is 25.0 Å². The molecular weight excluding hydrogens is 617 g/mol. The van der Waals surface area contributed by atoms with Crippen LogP contribution in [0, 0.1) is 0 Å². The minimum Gasteiger partial charge on any atom is -0.494 e. The Labute approximate surface area is 271 Å². The molecule has 1 aliphatic heterocycles. The molecule has 3 N–H and O–H groups in total. The monoisotopic (exact) mass is 651 g/mol. The van der Waals surface area contributed by atoms with E-state index >= 15 is 0 Å². The topological polar surface area (TPSA) is 149 Å². The van der Waals surface area contributed by atoms with E-state index in [4.69, 9.17) is 42.8 Å². The number of amides is 1. The molecule has 0 saturated heterocycles. The van der Waals surface area contributed by atoms with Gasteiger partial charge in [-0.2, -0.15) is 0 Å². The van der Waals surface area contributed by atoms with Crippen molar-refractivity contribution < 1.29 is 24.5 Å². The van der Waals surface area contributed by atoms with Gasteiger partial charge in [0.1, 0.15) is 5.75 Å². The highest BCUT2D eigenvalue weighted by Crippen LogP contribution is 2.46. The molecule has 0 spiro atoms. The SMILES string of the molecule is [N-]=[N+]=Nc1ccccc1C[C@@]1(C(=O)NCC2(O)CCCCC2)N=C(c2ccc(OCCCO)cc2)O[C@@H]1c1ccc(Cl)cc1Cl. The zero-order chi connectivity index (χ0) is 31.9. The number of nitrogens with one attached hydrogen (secondary N) is 1. The lowest BCUT2D eigenvalue weighted by Gasteiger charge is -2.35. The second-order valence-corrected chi connectivity index (χ2v) is 12.3. The van der Waals surface area contributed by atoms with Crippen LogP contribution in [0.4, 0.5) is 5.69 Å². The molecule has 1 aliphatic carbocycles. The third kappa shape index (κ3) is 7.54. The first-order valence-corrected chi connectivity index (χ1v) is 15.7. The zero-order valence-electron chi connectivity index (χ0n) is 24.7. The fourth-order valence-electron chi connectivity index (χ4n) is 5.85. The van der Waals surface area contributed by atoms with Gasteiger partial charge in [0.25, 0.3) is 5.91 Å². The van der Waals surface area contributed by atoms with E-state index in [-0.39, 0.29) is 25.5 Å². The quantitative estimate of drug-likeness (QED) is 0.0833. The first-order valence-electron chi connectivity index (χ1n) is 15.0. The van der Waals surface area contributed by atoms with Gasteiger partial charge in [0.2, 0.25) is 5.90 Å². The van der Waals surface area contributed by atoms with E-state index in [9.17, 15) is 15.4 Å². The Morgan fingerprint density at radius 1 is 1.11 bits per heavy atom. The molecule has 3 aromatic rings. The van der Waals surface area contributed by atoms with Crippen LogP contribution >= 0.6 is 23.2 Å². The molecule has 10 nitrogen and oxygen atoms in total. The Bertz CT molecular complexity index is 1590. The Morgan fingerprint density at radius 3 is 2.58 bits per heavy atom. The number of hydrogen-bond donors (Lipinski definition) is 3. The number of nitrogens with zero attached hydrogens (tertiary/aromatic N) is 4. The Balaban J connectivity index is 1.60. The summed E-state index contributed by atoms with van der Waals surface area (Å²) in [6.07, 6.45) is 3.48. The predicted molar refractivity (Wildman–Crippen MR) is 173 cm³/mol. The summed E-state index contributed by atoms with van der Waals surface area (Å²) in [5.41, 5.74) is 8.65. The van der Waals surface area contributed by atoms with Crippen LogP contribution in [0.3, 0.4) is 0 Å². The largest absolute Gasteiger partial charge is 0.494 e. The average molecular weight is 653 g/mol. The second-order valence-electron chi connectivity index (χ2n) is 11.4. The van der Waals surface area contributed by atoms with Gasteiger partial charge in [0, 0.05) is 57.8 Å². The van der Waals surface area contributed by atoms with E-state index in [0.29, 0.717) is 64.0 Å². The maximum absolute atomic E-state index is 14.5. The van der Waals surface area contributed by atoms with Crippen molar-refractivity contribution >= 4 is 40.7 Å². The summed E-state index contributed by atoms with van der Waals surface area (Å²) < 4.78 is 12.2. The molecule has 1 amide bonds. The number of aliphatic hydroxyl groups excluding tert-OH is 1. The van der Waals surface area contributed by atoms with Gasteiger partial charge in [-0.1, -0.05) is 77.9 Å². The molecule has 12 heteroatoms. The van der Waals surface area contributed by atoms with Gasteiger partial charge in [-0.3, -0.25) is 4.79 Å². The van der Waals surface area contributed by atoms with E-state index < -0.39 is 23.2 Å². The number of rotatable bonds is 12. The van der Waals surface area contributed by atoms with Crippen molar-refractivity contribution in [3.05, 3.63) is 104 Å². The third-order valence-corrected chi connectivity index (χ3v) is 8.80. The van der Waals surface area contributed by atoms with Crippen molar-refractivity contribution in [2.45, 2.75) is 62.2 Å². The normalized spacial score (nSPS) is 20.4. The van der Waals surface area contributed by atoms with Crippen LogP contribution in [-0.4, -0.2) is 52.9 Å². The van der Waals surface area contributed by atoms with Gasteiger partial charge in [0.15, 0.2) is 11.6 Å². The van der Waals surface area contributed by atoms with Crippen molar-refractivity contribution in [2.75, 3.05) is 19.8 Å². The lowest BCUT2D eigenvalue weighted by atomic mass is 9.80. The molecule has 5 rings (SSSR count). The number of hydrogen-bond acceptors (Lipinski definition) is 7. The molecule has 0 aromatic heterocycles. The molecule has 0 unspecified atom stereocenters. The molecule has 2 atom stereocenters. The zero-order valence-corrected chi connectivity index (χ0v) is 26.2. The number of azide groups is 1. The fourth-order valence-corrected chi connectivity index (χ4v) is 6.36. The number of halogens is 2. The molecule has 45 heavy (non-hydrogen) atoms. The van der Waals surface area contributed by atoms with Crippen molar-refractivity contribution in [3.63, 3.8) is 0 Å². The number of benzene rings is 3. The maximum atomic E-state index is 14.5. The van der Waals surface area contributed by atoms with E-state index in [1.54, 1.807) is 66.7 Å². The number of aliphatic imine (C=N–C) groups is 1. The number of aliphatic hydroxyl groups is 2.